The highest BCUT2D eigenvalue weighted by molar-refractivity contribution is 6.07. The van der Waals surface area contributed by atoms with Crippen molar-refractivity contribution in [3.63, 3.8) is 0 Å². The van der Waals surface area contributed by atoms with E-state index in [9.17, 15) is 27.9 Å². The number of hydrogen-bond acceptors (Lipinski definition) is 5. The summed E-state index contributed by atoms with van der Waals surface area (Å²) in [6, 6.07) is 3.93. The van der Waals surface area contributed by atoms with Gasteiger partial charge in [-0.2, -0.15) is 0 Å². The van der Waals surface area contributed by atoms with Crippen molar-refractivity contribution in [1.29, 1.82) is 0 Å². The number of esters is 1. The fourth-order valence-electron chi connectivity index (χ4n) is 3.68. The predicted molar refractivity (Wildman–Crippen MR) is 111 cm³/mol. The second-order valence-electron chi connectivity index (χ2n) is 7.64. The van der Waals surface area contributed by atoms with Crippen LogP contribution in [0.3, 0.4) is 0 Å². The first-order valence-corrected chi connectivity index (χ1v) is 10.1. The van der Waals surface area contributed by atoms with E-state index in [4.69, 9.17) is 4.74 Å². The molecule has 1 atom stereocenters. The average Bonchev–Trinajstić information content (AvgIpc) is 3.02. The molecule has 11 heteroatoms. The van der Waals surface area contributed by atoms with E-state index >= 15 is 8.78 Å². The second kappa shape index (κ2) is 8.96. The largest absolute Gasteiger partial charge is 0.573 e. The van der Waals surface area contributed by atoms with Crippen LogP contribution in [0.4, 0.5) is 22.0 Å². The van der Waals surface area contributed by atoms with Gasteiger partial charge in [-0.25, -0.2) is 8.78 Å². The summed E-state index contributed by atoms with van der Waals surface area (Å²) >= 11 is 0. The number of aromatic nitrogens is 1. The Morgan fingerprint density at radius 2 is 1.71 bits per heavy atom. The van der Waals surface area contributed by atoms with Gasteiger partial charge in [0.2, 0.25) is 0 Å². The normalized spacial score (nSPS) is 12.6. The molecule has 2 aromatic carbocycles. The molecule has 0 spiro atoms. The number of nitrogens with zero attached hydrogens (tertiary/aromatic N) is 1. The molecule has 0 aliphatic rings. The van der Waals surface area contributed by atoms with Crippen molar-refractivity contribution < 1.29 is 46.1 Å². The van der Waals surface area contributed by atoms with Crippen molar-refractivity contribution in [1.82, 2.24) is 4.57 Å². The summed E-state index contributed by atoms with van der Waals surface area (Å²) in [5.74, 6) is -7.22. The molecule has 1 aromatic heterocycles. The smallest absolute Gasteiger partial charge is 0.503 e. The van der Waals surface area contributed by atoms with Gasteiger partial charge in [-0.1, -0.05) is 13.8 Å². The van der Waals surface area contributed by atoms with E-state index in [-0.39, 0.29) is 28.1 Å². The SMILES string of the molecule is CC[C@@H](C)c1c(F)c(O)c(F)c2c(OC(C)=O)c(C)n(C(=O)c3ccc(OC(F)(F)F)cc3)c12. The van der Waals surface area contributed by atoms with Gasteiger partial charge in [0.15, 0.2) is 23.1 Å². The first-order valence-electron chi connectivity index (χ1n) is 10.1. The highest BCUT2D eigenvalue weighted by Gasteiger charge is 2.33. The van der Waals surface area contributed by atoms with E-state index in [1.807, 2.05) is 0 Å². The van der Waals surface area contributed by atoms with Crippen LogP contribution in [-0.2, 0) is 4.79 Å². The van der Waals surface area contributed by atoms with Crippen molar-refractivity contribution in [2.24, 2.45) is 0 Å². The molecule has 6 nitrogen and oxygen atoms in total. The lowest BCUT2D eigenvalue weighted by molar-refractivity contribution is -0.274. The maximum absolute atomic E-state index is 15.1. The summed E-state index contributed by atoms with van der Waals surface area (Å²) in [6.45, 7) is 5.68. The van der Waals surface area contributed by atoms with E-state index < -0.39 is 52.7 Å². The minimum absolute atomic E-state index is 0.0701. The summed E-state index contributed by atoms with van der Waals surface area (Å²) in [4.78, 5) is 25.1. The second-order valence-corrected chi connectivity index (χ2v) is 7.64. The molecule has 0 amide bonds. The van der Waals surface area contributed by atoms with Crippen LogP contribution in [0.5, 0.6) is 17.2 Å². The first-order chi connectivity index (χ1) is 15.8. The number of fused-ring (bicyclic) bond motifs is 1. The maximum Gasteiger partial charge on any atom is 0.573 e. The number of phenols is 1. The van der Waals surface area contributed by atoms with Crippen LogP contribution in [0.15, 0.2) is 24.3 Å². The van der Waals surface area contributed by atoms with Crippen molar-refractivity contribution in [3.05, 3.63) is 52.7 Å². The predicted octanol–water partition coefficient (Wildman–Crippen LogP) is 5.96. The third-order valence-electron chi connectivity index (χ3n) is 5.37. The fraction of sp³-hybridized carbons (Fsp3) is 0.304. The van der Waals surface area contributed by atoms with Crippen LogP contribution in [0.2, 0.25) is 0 Å². The Morgan fingerprint density at radius 3 is 2.21 bits per heavy atom. The molecule has 0 unspecified atom stereocenters. The highest BCUT2D eigenvalue weighted by atomic mass is 19.4. The summed E-state index contributed by atoms with van der Waals surface area (Å²) in [7, 11) is 0. The molecule has 0 saturated carbocycles. The van der Waals surface area contributed by atoms with Crippen LogP contribution in [0.1, 0.15) is 54.7 Å². The molecule has 182 valence electrons. The van der Waals surface area contributed by atoms with E-state index in [1.54, 1.807) is 13.8 Å². The Kier molecular flexibility index (Phi) is 6.59. The molecule has 0 saturated heterocycles. The Bertz CT molecular complexity index is 1280. The Morgan fingerprint density at radius 1 is 1.12 bits per heavy atom. The number of alkyl halides is 3. The molecule has 1 N–H and O–H groups in total. The zero-order valence-electron chi connectivity index (χ0n) is 18.5. The van der Waals surface area contributed by atoms with E-state index in [1.165, 1.54) is 6.92 Å². The number of rotatable bonds is 5. The molecule has 0 bridgehead atoms. The zero-order chi connectivity index (χ0) is 25.5. The van der Waals surface area contributed by atoms with Gasteiger partial charge >= 0.3 is 12.3 Å². The third kappa shape index (κ3) is 4.42. The number of ether oxygens (including phenoxy) is 2. The number of benzene rings is 2. The molecule has 0 aliphatic carbocycles. The van der Waals surface area contributed by atoms with Crippen molar-refractivity contribution >= 4 is 22.8 Å². The van der Waals surface area contributed by atoms with Gasteiger partial charge in [0, 0.05) is 18.1 Å². The van der Waals surface area contributed by atoms with Gasteiger partial charge < -0.3 is 14.6 Å². The summed E-state index contributed by atoms with van der Waals surface area (Å²) < 4.78 is 77.2. The van der Waals surface area contributed by atoms with Gasteiger partial charge in [0.25, 0.3) is 5.91 Å². The molecule has 34 heavy (non-hydrogen) atoms. The number of phenolic OH excluding ortho intramolecular Hbond substituents is 1. The summed E-state index contributed by atoms with van der Waals surface area (Å²) in [5.41, 5.74) is -0.632. The number of carbonyl (C=O) groups is 2. The van der Waals surface area contributed by atoms with Crippen molar-refractivity contribution in [2.75, 3.05) is 0 Å². The van der Waals surface area contributed by atoms with Crippen LogP contribution in [-0.4, -0.2) is 27.9 Å². The highest BCUT2D eigenvalue weighted by Crippen LogP contribution is 2.45. The first kappa shape index (κ1) is 25.0. The average molecular weight is 485 g/mol. The van der Waals surface area contributed by atoms with E-state index in [0.29, 0.717) is 6.42 Å². The molecular formula is C23H20F5NO5. The Balaban J connectivity index is 2.33. The minimum Gasteiger partial charge on any atom is -0.503 e. The third-order valence-corrected chi connectivity index (χ3v) is 5.37. The lowest BCUT2D eigenvalue weighted by atomic mass is 9.94. The van der Waals surface area contributed by atoms with Crippen LogP contribution in [0, 0.1) is 18.6 Å². The number of aromatic hydroxyl groups is 1. The van der Waals surface area contributed by atoms with Crippen molar-refractivity contribution in [3.8, 4) is 17.2 Å². The molecule has 0 aliphatic heterocycles. The minimum atomic E-state index is -4.93. The number of halogens is 5. The molecule has 0 radical (unpaired) electrons. The van der Waals surface area contributed by atoms with Gasteiger partial charge in [-0.15, -0.1) is 13.2 Å². The molecular weight excluding hydrogens is 465 g/mol. The van der Waals surface area contributed by atoms with Gasteiger partial charge in [-0.05, 0) is 43.5 Å². The molecule has 1 heterocycles. The quantitative estimate of drug-likeness (QED) is 0.357. The lowest BCUT2D eigenvalue weighted by Crippen LogP contribution is -2.18. The standard InChI is InChI=1S/C23H20F5NO5/c1-5-10(2)15-17(24)20(31)18(25)16-19(15)29(11(3)21(16)33-12(4)30)22(32)13-6-8-14(9-7-13)34-23(26,27)28/h6-10,31H,5H2,1-4H3/t10-/m1/s1. The fourth-order valence-corrected chi connectivity index (χ4v) is 3.68. The van der Waals surface area contributed by atoms with Gasteiger partial charge in [0.05, 0.1) is 16.6 Å². The van der Waals surface area contributed by atoms with Crippen LogP contribution in [0.25, 0.3) is 10.9 Å². The number of carbonyl (C=O) groups excluding carboxylic acids is 2. The molecule has 3 rings (SSSR count). The monoisotopic (exact) mass is 485 g/mol. The van der Waals surface area contributed by atoms with E-state index in [2.05, 4.69) is 4.74 Å². The van der Waals surface area contributed by atoms with Gasteiger partial charge in [-0.3, -0.25) is 14.2 Å². The zero-order valence-corrected chi connectivity index (χ0v) is 18.5. The topological polar surface area (TPSA) is 77.8 Å². The van der Waals surface area contributed by atoms with Gasteiger partial charge in [0.1, 0.15) is 5.75 Å². The van der Waals surface area contributed by atoms with Crippen molar-refractivity contribution in [2.45, 2.75) is 46.4 Å². The lowest BCUT2D eigenvalue weighted by Gasteiger charge is -2.17. The van der Waals surface area contributed by atoms with Crippen LogP contribution < -0.4 is 9.47 Å². The summed E-state index contributed by atoms with van der Waals surface area (Å²) in [6.07, 6.45) is -4.58. The Hall–Kier alpha value is -3.63. The Labute approximate surface area is 190 Å². The number of hydrogen-bond donors (Lipinski definition) is 1. The van der Waals surface area contributed by atoms with Crippen LogP contribution >= 0.6 is 0 Å². The summed E-state index contributed by atoms with van der Waals surface area (Å²) in [5, 5.41) is 9.61. The maximum atomic E-state index is 15.1. The molecule has 0 fully saturated rings. The van der Waals surface area contributed by atoms with E-state index in [0.717, 1.165) is 35.8 Å². The molecule has 3 aromatic rings.